The molecule has 5 nitrogen and oxygen atoms in total. The Morgan fingerprint density at radius 2 is 1.59 bits per heavy atom. The summed E-state index contributed by atoms with van der Waals surface area (Å²) in [5, 5.41) is 1.08. The van der Waals surface area contributed by atoms with Crippen LogP contribution in [0.2, 0.25) is 0 Å². The molecule has 0 bridgehead atoms. The molecule has 0 fully saturated rings. The second-order valence-corrected chi connectivity index (χ2v) is 10.7. The first-order valence-corrected chi connectivity index (χ1v) is 13.9. The summed E-state index contributed by atoms with van der Waals surface area (Å²) in [7, 11) is 0. The van der Waals surface area contributed by atoms with Crippen molar-refractivity contribution in [2.75, 3.05) is 12.4 Å². The number of benzene rings is 3. The van der Waals surface area contributed by atoms with Gasteiger partial charge in [0, 0.05) is 10.4 Å². The lowest BCUT2D eigenvalue weighted by Gasteiger charge is -2.12. The molecule has 37 heavy (non-hydrogen) atoms. The number of carbonyl (C=O) groups is 1. The lowest BCUT2D eigenvalue weighted by molar-refractivity contribution is -0.140. The molecule has 0 unspecified atom stereocenters. The predicted octanol–water partition coefficient (Wildman–Crippen LogP) is 6.69. The number of carbonyl (C=O) groups excluding carboxylic acids is 1. The first-order valence-electron chi connectivity index (χ1n) is 12.1. The van der Waals surface area contributed by atoms with Gasteiger partial charge in [0.25, 0.3) is 5.56 Å². The smallest absolute Gasteiger partial charge is 0.316 e. The predicted molar refractivity (Wildman–Crippen MR) is 152 cm³/mol. The molecule has 0 N–H and O–H groups in total. The van der Waals surface area contributed by atoms with Crippen LogP contribution in [0.15, 0.2) is 101 Å². The van der Waals surface area contributed by atoms with Crippen molar-refractivity contribution >= 4 is 39.3 Å². The van der Waals surface area contributed by atoms with E-state index in [9.17, 15) is 9.59 Å². The Morgan fingerprint density at radius 3 is 2.30 bits per heavy atom. The van der Waals surface area contributed by atoms with Crippen LogP contribution >= 0.6 is 23.1 Å². The number of hydrogen-bond acceptors (Lipinski definition) is 6. The number of hydrogen-bond donors (Lipinski definition) is 0. The van der Waals surface area contributed by atoms with Gasteiger partial charge in [0.15, 0.2) is 5.16 Å². The maximum absolute atomic E-state index is 13.9. The number of ether oxygens (including phenoxy) is 1. The molecule has 5 rings (SSSR count). The Labute approximate surface area is 223 Å². The molecule has 7 heteroatoms. The van der Waals surface area contributed by atoms with Gasteiger partial charge in [-0.3, -0.25) is 14.2 Å². The SMILES string of the molecule is Cc1sc2nc(SCC(=O)OCCCc3ccccc3)n(-c3ccccc3)c(=O)c2c1-c1ccccc1. The molecule has 0 saturated heterocycles. The number of aryl methyl sites for hydroxylation is 2. The Hall–Kier alpha value is -3.68. The highest BCUT2D eigenvalue weighted by Gasteiger charge is 2.21. The van der Waals surface area contributed by atoms with Gasteiger partial charge in [-0.2, -0.15) is 0 Å². The maximum atomic E-state index is 13.9. The van der Waals surface area contributed by atoms with Crippen LogP contribution in [0.3, 0.4) is 0 Å². The van der Waals surface area contributed by atoms with Crippen LogP contribution in [-0.2, 0) is 16.0 Å². The Kier molecular flexibility index (Phi) is 7.82. The van der Waals surface area contributed by atoms with E-state index in [1.807, 2.05) is 85.8 Å². The maximum Gasteiger partial charge on any atom is 0.316 e. The van der Waals surface area contributed by atoms with E-state index in [0.717, 1.165) is 28.8 Å². The van der Waals surface area contributed by atoms with Crippen molar-refractivity contribution in [2.45, 2.75) is 24.9 Å². The van der Waals surface area contributed by atoms with Crippen LogP contribution in [0.25, 0.3) is 27.0 Å². The number of nitrogens with zero attached hydrogens (tertiary/aromatic N) is 2. The highest BCUT2D eigenvalue weighted by atomic mass is 32.2. The van der Waals surface area contributed by atoms with Crippen molar-refractivity contribution in [3.8, 4) is 16.8 Å². The number of esters is 1. The second kappa shape index (κ2) is 11.6. The van der Waals surface area contributed by atoms with Crippen molar-refractivity contribution < 1.29 is 9.53 Å². The fourth-order valence-electron chi connectivity index (χ4n) is 4.27. The molecule has 0 saturated carbocycles. The first kappa shape index (κ1) is 25.0. The van der Waals surface area contributed by atoms with Crippen LogP contribution in [0.5, 0.6) is 0 Å². The molecule has 0 spiro atoms. The van der Waals surface area contributed by atoms with E-state index in [1.54, 1.807) is 4.57 Å². The molecule has 2 heterocycles. The minimum Gasteiger partial charge on any atom is -0.465 e. The summed E-state index contributed by atoms with van der Waals surface area (Å²) in [4.78, 5) is 33.0. The number of thioether (sulfide) groups is 1. The van der Waals surface area contributed by atoms with Crippen molar-refractivity contribution in [3.63, 3.8) is 0 Å². The van der Waals surface area contributed by atoms with Gasteiger partial charge in [0.1, 0.15) is 4.83 Å². The third-order valence-corrected chi connectivity index (χ3v) is 7.89. The van der Waals surface area contributed by atoms with Crippen LogP contribution in [0.4, 0.5) is 0 Å². The number of rotatable bonds is 9. The molecule has 5 aromatic rings. The molecule has 0 aliphatic carbocycles. The number of fused-ring (bicyclic) bond motifs is 1. The third kappa shape index (κ3) is 5.68. The van der Waals surface area contributed by atoms with Crippen molar-refractivity contribution in [2.24, 2.45) is 0 Å². The summed E-state index contributed by atoms with van der Waals surface area (Å²) < 4.78 is 7.06. The van der Waals surface area contributed by atoms with Crippen molar-refractivity contribution in [1.29, 1.82) is 0 Å². The highest BCUT2D eigenvalue weighted by molar-refractivity contribution is 7.99. The zero-order valence-electron chi connectivity index (χ0n) is 20.4. The minimum atomic E-state index is -0.320. The van der Waals surface area contributed by atoms with Gasteiger partial charge in [-0.25, -0.2) is 4.98 Å². The molecule has 0 atom stereocenters. The summed E-state index contributed by atoms with van der Waals surface area (Å²) >= 11 is 2.73. The average Bonchev–Trinajstić information content (AvgIpc) is 3.27. The lowest BCUT2D eigenvalue weighted by Crippen LogP contribution is -2.22. The first-order chi connectivity index (χ1) is 18.1. The summed E-state index contributed by atoms with van der Waals surface area (Å²) in [5.74, 6) is -0.245. The monoisotopic (exact) mass is 526 g/mol. The molecule has 0 aliphatic rings. The molecule has 0 amide bonds. The van der Waals surface area contributed by atoms with Gasteiger partial charge in [0.2, 0.25) is 0 Å². The van der Waals surface area contributed by atoms with Gasteiger partial charge >= 0.3 is 5.97 Å². The standard InChI is InChI=1S/C30H26N2O3S2/c1-21-26(23-15-7-3-8-16-23)27-28(37-21)31-30(32(29(27)34)24-17-9-4-10-18-24)36-20-25(33)35-19-11-14-22-12-5-2-6-13-22/h2-10,12-13,15-18H,11,14,19-20H2,1H3. The van der Waals surface area contributed by atoms with Crippen LogP contribution in [0, 0.1) is 6.92 Å². The number of para-hydroxylation sites is 1. The normalized spacial score (nSPS) is 11.1. The summed E-state index contributed by atoms with van der Waals surface area (Å²) in [6.07, 6.45) is 1.62. The topological polar surface area (TPSA) is 61.2 Å². The number of thiophene rings is 1. The zero-order valence-corrected chi connectivity index (χ0v) is 22.1. The van der Waals surface area contributed by atoms with Crippen LogP contribution in [-0.4, -0.2) is 27.9 Å². The second-order valence-electron chi connectivity index (χ2n) is 8.55. The van der Waals surface area contributed by atoms with Gasteiger partial charge < -0.3 is 4.74 Å². The minimum absolute atomic E-state index is 0.0754. The molecular formula is C30H26N2O3S2. The van der Waals surface area contributed by atoms with E-state index in [0.29, 0.717) is 27.7 Å². The lowest BCUT2D eigenvalue weighted by atomic mass is 10.0. The Bertz CT molecular complexity index is 1560. The van der Waals surface area contributed by atoms with Gasteiger partial charge in [-0.15, -0.1) is 11.3 Å². The number of aromatic nitrogens is 2. The van der Waals surface area contributed by atoms with E-state index in [-0.39, 0.29) is 17.3 Å². The van der Waals surface area contributed by atoms with Gasteiger partial charge in [-0.05, 0) is 43.0 Å². The van der Waals surface area contributed by atoms with Crippen molar-refractivity contribution in [1.82, 2.24) is 9.55 Å². The summed E-state index contributed by atoms with van der Waals surface area (Å²) in [5.41, 5.74) is 3.70. The summed E-state index contributed by atoms with van der Waals surface area (Å²) in [6, 6.07) is 29.5. The van der Waals surface area contributed by atoms with E-state index in [4.69, 9.17) is 9.72 Å². The van der Waals surface area contributed by atoms with E-state index >= 15 is 0 Å². The molecule has 0 radical (unpaired) electrons. The Morgan fingerprint density at radius 1 is 0.946 bits per heavy atom. The highest BCUT2D eigenvalue weighted by Crippen LogP contribution is 2.36. The largest absolute Gasteiger partial charge is 0.465 e. The van der Waals surface area contributed by atoms with Crippen LogP contribution < -0.4 is 5.56 Å². The van der Waals surface area contributed by atoms with E-state index in [1.165, 1.54) is 28.7 Å². The summed E-state index contributed by atoms with van der Waals surface area (Å²) in [6.45, 7) is 2.37. The van der Waals surface area contributed by atoms with E-state index < -0.39 is 0 Å². The van der Waals surface area contributed by atoms with Crippen molar-refractivity contribution in [3.05, 3.63) is 112 Å². The molecular weight excluding hydrogens is 500 g/mol. The quantitative estimate of drug-likeness (QED) is 0.0927. The zero-order chi connectivity index (χ0) is 25.6. The fraction of sp³-hybridized carbons (Fsp3) is 0.167. The molecule has 2 aromatic heterocycles. The van der Waals surface area contributed by atoms with Crippen LogP contribution in [0.1, 0.15) is 16.9 Å². The molecule has 0 aliphatic heterocycles. The average molecular weight is 527 g/mol. The van der Waals surface area contributed by atoms with Gasteiger partial charge in [-0.1, -0.05) is 90.6 Å². The fourth-order valence-corrected chi connectivity index (χ4v) is 6.17. The van der Waals surface area contributed by atoms with Gasteiger partial charge in [0.05, 0.1) is 23.4 Å². The Balaban J connectivity index is 1.40. The molecule has 3 aromatic carbocycles. The third-order valence-electron chi connectivity index (χ3n) is 5.98. The van der Waals surface area contributed by atoms with E-state index in [2.05, 4.69) is 12.1 Å². The molecule has 186 valence electrons.